The molecule has 1 saturated heterocycles. The Bertz CT molecular complexity index is 409. The van der Waals surface area contributed by atoms with Gasteiger partial charge in [0.25, 0.3) is 0 Å². The second-order valence-corrected chi connectivity index (χ2v) is 4.35. The SMILES string of the molecule is O=C=NC(c1ccccc1Cl)C1CCNC1. The van der Waals surface area contributed by atoms with Crippen LogP contribution in [-0.4, -0.2) is 19.2 Å². The molecule has 16 heavy (non-hydrogen) atoms. The summed E-state index contributed by atoms with van der Waals surface area (Å²) in [7, 11) is 0. The van der Waals surface area contributed by atoms with E-state index in [1.165, 1.54) is 0 Å². The molecule has 1 aliphatic rings. The summed E-state index contributed by atoms with van der Waals surface area (Å²) in [6.45, 7) is 1.85. The number of hydrogen-bond acceptors (Lipinski definition) is 3. The minimum absolute atomic E-state index is 0.166. The number of rotatable bonds is 3. The molecule has 0 saturated carbocycles. The quantitative estimate of drug-likeness (QED) is 0.647. The van der Waals surface area contributed by atoms with Crippen LogP contribution in [0.25, 0.3) is 0 Å². The lowest BCUT2D eigenvalue weighted by Gasteiger charge is -2.18. The summed E-state index contributed by atoms with van der Waals surface area (Å²) in [4.78, 5) is 14.4. The third kappa shape index (κ3) is 2.33. The largest absolute Gasteiger partial charge is 0.316 e. The van der Waals surface area contributed by atoms with Crippen molar-refractivity contribution in [3.8, 4) is 0 Å². The van der Waals surface area contributed by atoms with Crippen LogP contribution >= 0.6 is 11.6 Å². The van der Waals surface area contributed by atoms with Gasteiger partial charge in [0, 0.05) is 17.5 Å². The fourth-order valence-corrected chi connectivity index (χ4v) is 2.39. The Hall–Kier alpha value is -1.15. The molecule has 4 heteroatoms. The molecule has 1 fully saturated rings. The molecule has 1 heterocycles. The lowest BCUT2D eigenvalue weighted by Crippen LogP contribution is -2.15. The molecule has 0 aromatic heterocycles. The Balaban J connectivity index is 2.31. The highest BCUT2D eigenvalue weighted by Crippen LogP contribution is 2.33. The maximum absolute atomic E-state index is 10.5. The lowest BCUT2D eigenvalue weighted by molar-refractivity contribution is 0.466. The average Bonchev–Trinajstić information content (AvgIpc) is 2.80. The van der Waals surface area contributed by atoms with Crippen LogP contribution < -0.4 is 5.32 Å². The predicted octanol–water partition coefficient (Wildman–Crippen LogP) is 2.33. The number of nitrogens with one attached hydrogen (secondary N) is 1. The molecule has 1 aromatic rings. The van der Waals surface area contributed by atoms with E-state index in [0.717, 1.165) is 25.1 Å². The average molecular weight is 237 g/mol. The smallest absolute Gasteiger partial charge is 0.235 e. The van der Waals surface area contributed by atoms with E-state index in [1.807, 2.05) is 24.3 Å². The van der Waals surface area contributed by atoms with E-state index >= 15 is 0 Å². The maximum atomic E-state index is 10.5. The number of nitrogens with zero attached hydrogens (tertiary/aromatic N) is 1. The molecule has 1 aliphatic heterocycles. The van der Waals surface area contributed by atoms with Gasteiger partial charge in [-0.1, -0.05) is 29.8 Å². The van der Waals surface area contributed by atoms with E-state index in [0.29, 0.717) is 10.9 Å². The Kier molecular flexibility index (Phi) is 3.73. The number of aliphatic imine (C=N–C) groups is 1. The highest BCUT2D eigenvalue weighted by molar-refractivity contribution is 6.31. The van der Waals surface area contributed by atoms with Gasteiger partial charge in [-0.15, -0.1) is 0 Å². The molecular formula is C12H13ClN2O. The van der Waals surface area contributed by atoms with Crippen molar-refractivity contribution in [2.24, 2.45) is 10.9 Å². The first-order valence-electron chi connectivity index (χ1n) is 5.35. The van der Waals surface area contributed by atoms with Gasteiger partial charge in [-0.2, -0.15) is 4.99 Å². The van der Waals surface area contributed by atoms with E-state index < -0.39 is 0 Å². The van der Waals surface area contributed by atoms with Crippen molar-refractivity contribution in [2.75, 3.05) is 13.1 Å². The van der Waals surface area contributed by atoms with Crippen LogP contribution in [0.15, 0.2) is 29.3 Å². The third-order valence-corrected chi connectivity index (χ3v) is 3.30. The summed E-state index contributed by atoms with van der Waals surface area (Å²) < 4.78 is 0. The number of benzene rings is 1. The van der Waals surface area contributed by atoms with Crippen LogP contribution in [0, 0.1) is 5.92 Å². The number of halogens is 1. The van der Waals surface area contributed by atoms with Crippen LogP contribution in [0.1, 0.15) is 18.0 Å². The van der Waals surface area contributed by atoms with E-state index in [4.69, 9.17) is 11.6 Å². The monoisotopic (exact) mass is 236 g/mol. The summed E-state index contributed by atoms with van der Waals surface area (Å²) >= 11 is 6.12. The normalized spacial score (nSPS) is 21.4. The Morgan fingerprint density at radius 3 is 2.94 bits per heavy atom. The Morgan fingerprint density at radius 1 is 1.50 bits per heavy atom. The Morgan fingerprint density at radius 2 is 2.31 bits per heavy atom. The number of hydrogen-bond donors (Lipinski definition) is 1. The van der Waals surface area contributed by atoms with Gasteiger partial charge in [-0.3, -0.25) is 0 Å². The molecule has 0 spiro atoms. The molecule has 2 rings (SSSR count). The molecular weight excluding hydrogens is 224 g/mol. The molecule has 3 nitrogen and oxygen atoms in total. The molecule has 0 amide bonds. The van der Waals surface area contributed by atoms with Crippen molar-refractivity contribution >= 4 is 17.7 Å². The zero-order valence-electron chi connectivity index (χ0n) is 8.82. The summed E-state index contributed by atoms with van der Waals surface area (Å²) in [5.74, 6) is 0.335. The van der Waals surface area contributed by atoms with Gasteiger partial charge in [-0.25, -0.2) is 4.79 Å². The lowest BCUT2D eigenvalue weighted by atomic mass is 9.93. The molecule has 2 unspecified atom stereocenters. The molecule has 0 bridgehead atoms. The van der Waals surface area contributed by atoms with Gasteiger partial charge >= 0.3 is 0 Å². The molecule has 1 N–H and O–H groups in total. The van der Waals surface area contributed by atoms with Gasteiger partial charge in [0.15, 0.2) is 0 Å². The highest BCUT2D eigenvalue weighted by atomic mass is 35.5. The number of carbonyl (C=O) groups excluding carboxylic acids is 1. The zero-order chi connectivity index (χ0) is 11.4. The van der Waals surface area contributed by atoms with Crippen LogP contribution in [0.2, 0.25) is 5.02 Å². The molecule has 84 valence electrons. The summed E-state index contributed by atoms with van der Waals surface area (Å²) in [6, 6.07) is 7.37. The second-order valence-electron chi connectivity index (χ2n) is 3.94. The van der Waals surface area contributed by atoms with Crippen LogP contribution in [0.5, 0.6) is 0 Å². The minimum atomic E-state index is -0.166. The summed E-state index contributed by atoms with van der Waals surface area (Å²) in [5, 5.41) is 3.93. The minimum Gasteiger partial charge on any atom is -0.316 e. The van der Waals surface area contributed by atoms with Crippen molar-refractivity contribution in [1.29, 1.82) is 0 Å². The van der Waals surface area contributed by atoms with Crippen molar-refractivity contribution in [3.05, 3.63) is 34.9 Å². The topological polar surface area (TPSA) is 41.5 Å². The van der Waals surface area contributed by atoms with Crippen molar-refractivity contribution in [3.63, 3.8) is 0 Å². The predicted molar refractivity (Wildman–Crippen MR) is 63.3 cm³/mol. The van der Waals surface area contributed by atoms with E-state index in [-0.39, 0.29) is 6.04 Å². The fraction of sp³-hybridized carbons (Fsp3) is 0.417. The van der Waals surface area contributed by atoms with Gasteiger partial charge < -0.3 is 5.32 Å². The van der Waals surface area contributed by atoms with Crippen LogP contribution in [0.4, 0.5) is 0 Å². The van der Waals surface area contributed by atoms with Crippen molar-refractivity contribution in [1.82, 2.24) is 5.32 Å². The third-order valence-electron chi connectivity index (χ3n) is 2.96. The second kappa shape index (κ2) is 5.26. The first-order valence-corrected chi connectivity index (χ1v) is 5.73. The molecule has 2 atom stereocenters. The summed E-state index contributed by atoms with van der Waals surface area (Å²) in [5.41, 5.74) is 0.918. The zero-order valence-corrected chi connectivity index (χ0v) is 9.57. The van der Waals surface area contributed by atoms with Crippen molar-refractivity contribution in [2.45, 2.75) is 12.5 Å². The van der Waals surface area contributed by atoms with Gasteiger partial charge in [-0.05, 0) is 24.6 Å². The standard InChI is InChI=1S/C12H13ClN2O/c13-11-4-2-1-3-10(11)12(15-8-16)9-5-6-14-7-9/h1-4,9,12,14H,5-7H2. The van der Waals surface area contributed by atoms with Gasteiger partial charge in [0.2, 0.25) is 6.08 Å². The van der Waals surface area contributed by atoms with E-state index in [9.17, 15) is 4.79 Å². The first-order chi connectivity index (χ1) is 7.83. The van der Waals surface area contributed by atoms with Gasteiger partial charge in [0.1, 0.15) is 0 Å². The molecule has 0 aliphatic carbocycles. The highest BCUT2D eigenvalue weighted by Gasteiger charge is 2.27. The summed E-state index contributed by atoms with van der Waals surface area (Å²) in [6.07, 6.45) is 2.67. The Labute approximate surface area is 99.5 Å². The molecule has 1 aromatic carbocycles. The van der Waals surface area contributed by atoms with E-state index in [1.54, 1.807) is 6.08 Å². The van der Waals surface area contributed by atoms with E-state index in [2.05, 4.69) is 10.3 Å². The number of isocyanates is 1. The van der Waals surface area contributed by atoms with Crippen molar-refractivity contribution < 1.29 is 4.79 Å². The van der Waals surface area contributed by atoms with Crippen LogP contribution in [-0.2, 0) is 4.79 Å². The molecule has 0 radical (unpaired) electrons. The van der Waals surface area contributed by atoms with Crippen LogP contribution in [0.3, 0.4) is 0 Å². The first kappa shape index (κ1) is 11.3. The maximum Gasteiger partial charge on any atom is 0.235 e. The van der Waals surface area contributed by atoms with Gasteiger partial charge in [0.05, 0.1) is 6.04 Å². The fourth-order valence-electron chi connectivity index (χ4n) is 2.15.